The van der Waals surface area contributed by atoms with Crippen LogP contribution >= 0.6 is 0 Å². The number of hydrogen-bond acceptors (Lipinski definition) is 0. The van der Waals surface area contributed by atoms with Crippen LogP contribution in [0.15, 0.2) is 76.4 Å². The van der Waals surface area contributed by atoms with Gasteiger partial charge in [0, 0.05) is 0 Å². The molecule has 0 fully saturated rings. The van der Waals surface area contributed by atoms with E-state index in [4.69, 9.17) is 0 Å². The molecule has 2 aliphatic carbocycles. The van der Waals surface area contributed by atoms with E-state index in [1.807, 2.05) is 78.0 Å². The third-order valence-corrected chi connectivity index (χ3v) is 17.0. The molecule has 2 aliphatic rings. The fourth-order valence-corrected chi connectivity index (χ4v) is 14.8. The third-order valence-electron chi connectivity index (χ3n) is 7.79. The summed E-state index contributed by atoms with van der Waals surface area (Å²) in [6, 6.07) is 16.1. The van der Waals surface area contributed by atoms with Crippen LogP contribution in [0.1, 0.15) is 62.7 Å². The second-order valence-corrected chi connectivity index (χ2v) is 15.5. The molecule has 0 heterocycles. The van der Waals surface area contributed by atoms with Gasteiger partial charge in [0.1, 0.15) is 0 Å². The number of allylic oxidation sites excluding steroid dienone is 5. The van der Waals surface area contributed by atoms with Gasteiger partial charge in [-0.1, -0.05) is 0 Å². The molecular weight excluding hydrogens is 454 g/mol. The molecule has 0 aromatic heterocycles. The summed E-state index contributed by atoms with van der Waals surface area (Å²) in [4.78, 5) is 0. The molecular formula is C27H30F2Zr. The second-order valence-electron chi connectivity index (χ2n) is 8.88. The fourth-order valence-electron chi connectivity index (χ4n) is 5.90. The molecule has 0 saturated heterocycles. The first-order valence-electron chi connectivity index (χ1n) is 10.8. The predicted octanol–water partition coefficient (Wildman–Crippen LogP) is 8.99. The van der Waals surface area contributed by atoms with Crippen LogP contribution in [-0.4, -0.2) is 0 Å². The molecule has 0 saturated carbocycles. The standard InChI is InChI=1S/C16H13.C11H17.2FH.Zr/c1-12-10-14-8-5-9-15(16(14)11-12)13-6-3-2-4-7-13;1-6-11-9(4)7(2)8(3)10(11)5;;;/h2-11H,1H3;6H2,1-5H3;2*1H;/q;;;;+2/p-2. The van der Waals surface area contributed by atoms with Gasteiger partial charge in [-0.2, -0.15) is 0 Å². The van der Waals surface area contributed by atoms with Crippen LogP contribution in [0.5, 0.6) is 0 Å². The van der Waals surface area contributed by atoms with E-state index in [2.05, 4.69) is 18.2 Å². The number of benzene rings is 2. The molecule has 1 unspecified atom stereocenters. The van der Waals surface area contributed by atoms with Crippen molar-refractivity contribution in [2.75, 3.05) is 0 Å². The summed E-state index contributed by atoms with van der Waals surface area (Å²) in [6.45, 7) is 11.8. The quantitative estimate of drug-likeness (QED) is 0.407. The topological polar surface area (TPSA) is 0 Å². The second kappa shape index (κ2) is 7.52. The predicted molar refractivity (Wildman–Crippen MR) is 120 cm³/mol. The zero-order valence-electron chi connectivity index (χ0n) is 18.7. The van der Waals surface area contributed by atoms with E-state index in [1.165, 1.54) is 0 Å². The molecule has 156 valence electrons. The Bertz CT molecular complexity index is 1080. The summed E-state index contributed by atoms with van der Waals surface area (Å²) in [5.41, 5.74) is 8.79. The van der Waals surface area contributed by atoms with E-state index in [0.29, 0.717) is 6.42 Å². The first-order chi connectivity index (χ1) is 14.2. The van der Waals surface area contributed by atoms with Gasteiger partial charge in [0.25, 0.3) is 0 Å². The molecule has 0 N–H and O–H groups in total. The summed E-state index contributed by atoms with van der Waals surface area (Å²) < 4.78 is 32.1. The van der Waals surface area contributed by atoms with E-state index < -0.39 is 28.2 Å². The van der Waals surface area contributed by atoms with Crippen LogP contribution in [-0.2, 0) is 21.5 Å². The number of halogens is 2. The van der Waals surface area contributed by atoms with E-state index in [1.54, 1.807) is 0 Å². The van der Waals surface area contributed by atoms with Gasteiger partial charge in [0.05, 0.1) is 0 Å². The summed E-state index contributed by atoms with van der Waals surface area (Å²) in [5.74, 6) is 0. The van der Waals surface area contributed by atoms with Gasteiger partial charge < -0.3 is 0 Å². The molecule has 0 spiro atoms. The summed E-state index contributed by atoms with van der Waals surface area (Å²) in [6.07, 6.45) is 2.52. The Balaban J connectivity index is 1.91. The van der Waals surface area contributed by atoms with Crippen molar-refractivity contribution in [1.82, 2.24) is 0 Å². The number of hydrogen-bond donors (Lipinski definition) is 0. The monoisotopic (exact) mass is 482 g/mol. The molecule has 0 radical (unpaired) electrons. The SMILES string of the molecule is CC[C]1([Zr]([F])([F])[CH]2C(C)=Cc3c(-c4ccccc4)cccc32)C(C)=C(C)C(C)=C1C. The summed E-state index contributed by atoms with van der Waals surface area (Å²) in [7, 11) is 0. The normalized spacial score (nSPS) is 20.7. The van der Waals surface area contributed by atoms with Gasteiger partial charge >= 0.3 is 186 Å². The van der Waals surface area contributed by atoms with Crippen molar-refractivity contribution < 1.29 is 26.7 Å². The summed E-state index contributed by atoms with van der Waals surface area (Å²) >= 11 is -5.79. The first kappa shape index (κ1) is 21.6. The van der Waals surface area contributed by atoms with Crippen molar-refractivity contribution in [3.63, 3.8) is 0 Å². The zero-order valence-corrected chi connectivity index (χ0v) is 21.2. The summed E-state index contributed by atoms with van der Waals surface area (Å²) in [5, 5.41) is 0. The molecule has 3 heteroatoms. The van der Waals surface area contributed by atoms with E-state index >= 15 is 5.25 Å². The van der Waals surface area contributed by atoms with Crippen LogP contribution in [0, 0.1) is 0 Å². The average Bonchev–Trinajstić information content (AvgIpc) is 3.17. The minimum atomic E-state index is -5.79. The van der Waals surface area contributed by atoms with Gasteiger partial charge in [0.2, 0.25) is 0 Å². The maximum absolute atomic E-state index is 16.9. The van der Waals surface area contributed by atoms with Gasteiger partial charge in [0.15, 0.2) is 0 Å². The van der Waals surface area contributed by atoms with Crippen LogP contribution in [0.4, 0.5) is 5.25 Å². The minimum absolute atomic E-state index is 0.486. The number of fused-ring (bicyclic) bond motifs is 1. The molecule has 0 amide bonds. The Morgan fingerprint density at radius 1 is 0.833 bits per heavy atom. The van der Waals surface area contributed by atoms with Crippen LogP contribution in [0.3, 0.4) is 0 Å². The Morgan fingerprint density at radius 2 is 1.43 bits per heavy atom. The van der Waals surface area contributed by atoms with Crippen molar-refractivity contribution in [1.29, 1.82) is 0 Å². The molecule has 2 aromatic rings. The Morgan fingerprint density at radius 3 is 2.00 bits per heavy atom. The van der Waals surface area contributed by atoms with Crippen molar-refractivity contribution in [3.8, 4) is 11.1 Å². The van der Waals surface area contributed by atoms with E-state index in [9.17, 15) is 0 Å². The molecule has 0 nitrogen and oxygen atoms in total. The van der Waals surface area contributed by atoms with Gasteiger partial charge in [-0.15, -0.1) is 0 Å². The van der Waals surface area contributed by atoms with Gasteiger partial charge in [-0.25, -0.2) is 0 Å². The Labute approximate surface area is 185 Å². The molecule has 0 bridgehead atoms. The van der Waals surface area contributed by atoms with Gasteiger partial charge in [-0.3, -0.25) is 0 Å². The number of rotatable bonds is 4. The average molecular weight is 484 g/mol. The van der Waals surface area contributed by atoms with Gasteiger partial charge in [-0.05, 0) is 0 Å². The molecule has 4 rings (SSSR count). The van der Waals surface area contributed by atoms with Crippen molar-refractivity contribution >= 4 is 6.08 Å². The van der Waals surface area contributed by atoms with Crippen LogP contribution in [0.2, 0.25) is 3.12 Å². The molecule has 0 aliphatic heterocycles. The van der Waals surface area contributed by atoms with Crippen LogP contribution in [0.25, 0.3) is 17.2 Å². The van der Waals surface area contributed by atoms with E-state index in [-0.39, 0.29) is 0 Å². The van der Waals surface area contributed by atoms with E-state index in [0.717, 1.165) is 50.1 Å². The molecule has 30 heavy (non-hydrogen) atoms. The van der Waals surface area contributed by atoms with Crippen molar-refractivity contribution in [2.45, 2.75) is 54.7 Å². The third kappa shape index (κ3) is 2.77. The van der Waals surface area contributed by atoms with Crippen LogP contribution < -0.4 is 0 Å². The Kier molecular flexibility index (Phi) is 5.42. The molecule has 2 aromatic carbocycles. The molecule has 1 atom stereocenters. The van der Waals surface area contributed by atoms with Crippen molar-refractivity contribution in [2.24, 2.45) is 0 Å². The Hall–Kier alpha value is -1.60. The first-order valence-corrected chi connectivity index (χ1v) is 15.3. The fraction of sp³-hybridized carbons (Fsp3) is 0.333. The maximum atomic E-state index is 16.9. The van der Waals surface area contributed by atoms with Crippen molar-refractivity contribution in [3.05, 3.63) is 87.5 Å². The zero-order chi connectivity index (χ0) is 21.8.